The van der Waals surface area contributed by atoms with Gasteiger partial charge in [-0.1, -0.05) is 18.2 Å². The van der Waals surface area contributed by atoms with Crippen LogP contribution in [0, 0.1) is 18.3 Å². The topological polar surface area (TPSA) is 27.7 Å². The molecule has 0 radical (unpaired) electrons. The molecule has 86 valence electrons. The van der Waals surface area contributed by atoms with E-state index in [0.717, 1.165) is 12.1 Å². The Morgan fingerprint density at radius 1 is 1.18 bits per heavy atom. The molecule has 0 N–H and O–H groups in total. The summed E-state index contributed by atoms with van der Waals surface area (Å²) in [6, 6.07) is 16.0. The predicted octanol–water partition coefficient (Wildman–Crippen LogP) is -0.793. The highest BCUT2D eigenvalue weighted by Crippen LogP contribution is 2.04. The fourth-order valence-electron chi connectivity index (χ4n) is 1.68. The van der Waals surface area contributed by atoms with Gasteiger partial charge in [0.15, 0.2) is 18.4 Å². The molecule has 0 bridgehead atoms. The van der Waals surface area contributed by atoms with Crippen LogP contribution in [0.2, 0.25) is 0 Å². The van der Waals surface area contributed by atoms with Crippen molar-refractivity contribution in [2.45, 2.75) is 13.5 Å². The molecule has 0 aliphatic heterocycles. The van der Waals surface area contributed by atoms with Crippen LogP contribution < -0.4 is 17.0 Å². The van der Waals surface area contributed by atoms with Gasteiger partial charge in [-0.2, -0.15) is 9.83 Å². The third-order valence-corrected chi connectivity index (χ3v) is 2.58. The van der Waals surface area contributed by atoms with E-state index in [1.807, 2.05) is 42.6 Å². The summed E-state index contributed by atoms with van der Waals surface area (Å²) < 4.78 is 2.16. The molecule has 0 aliphatic carbocycles. The van der Waals surface area contributed by atoms with Crippen LogP contribution in [0.1, 0.15) is 16.8 Å². The Hall–Kier alpha value is -1.85. The maximum atomic E-state index is 8.83. The highest BCUT2D eigenvalue weighted by molar-refractivity contribution is 5.32. The fraction of sp³-hybridized carbons (Fsp3) is 0.143. The molecule has 1 aromatic heterocycles. The number of hydrogen-bond acceptors (Lipinski definition) is 1. The van der Waals surface area contributed by atoms with Gasteiger partial charge in [0.05, 0.1) is 11.6 Å². The monoisotopic (exact) mass is 244 g/mol. The number of pyridine rings is 1. The van der Waals surface area contributed by atoms with Crippen molar-refractivity contribution < 1.29 is 17.0 Å². The quantitative estimate of drug-likeness (QED) is 0.636. The van der Waals surface area contributed by atoms with E-state index in [9.17, 15) is 0 Å². The van der Waals surface area contributed by atoms with Crippen molar-refractivity contribution in [1.29, 1.82) is 5.26 Å². The van der Waals surface area contributed by atoms with Gasteiger partial charge in [-0.25, -0.2) is 0 Å². The zero-order valence-electron chi connectivity index (χ0n) is 9.60. The third kappa shape index (κ3) is 3.30. The number of nitriles is 1. The van der Waals surface area contributed by atoms with Gasteiger partial charge >= 0.3 is 0 Å². The van der Waals surface area contributed by atoms with Crippen LogP contribution in [-0.2, 0) is 6.54 Å². The molecule has 1 heterocycles. The van der Waals surface area contributed by atoms with E-state index in [1.54, 1.807) is 0 Å². The minimum Gasteiger partial charge on any atom is -1.00 e. The van der Waals surface area contributed by atoms with Crippen LogP contribution in [0.25, 0.3) is 0 Å². The molecule has 0 unspecified atom stereocenters. The lowest BCUT2D eigenvalue weighted by Crippen LogP contribution is -3.00. The number of aromatic nitrogens is 1. The van der Waals surface area contributed by atoms with Crippen molar-refractivity contribution in [1.82, 2.24) is 0 Å². The summed E-state index contributed by atoms with van der Waals surface area (Å²) in [7, 11) is 0. The van der Waals surface area contributed by atoms with Crippen molar-refractivity contribution in [3.8, 4) is 6.07 Å². The molecule has 2 nitrogen and oxygen atoms in total. The average Bonchev–Trinajstić information content (AvgIpc) is 2.32. The normalized spacial score (nSPS) is 9.18. The minimum atomic E-state index is 0. The highest BCUT2D eigenvalue weighted by atomic mass is 35.5. The van der Waals surface area contributed by atoms with Crippen LogP contribution in [0.15, 0.2) is 48.7 Å². The first-order valence-electron chi connectivity index (χ1n) is 5.24. The third-order valence-electron chi connectivity index (χ3n) is 2.58. The van der Waals surface area contributed by atoms with Gasteiger partial charge in [0.1, 0.15) is 0 Å². The molecule has 2 aromatic rings. The Kier molecular flexibility index (Phi) is 4.68. The van der Waals surface area contributed by atoms with Gasteiger partial charge in [0.25, 0.3) is 0 Å². The maximum Gasteiger partial charge on any atom is 0.178 e. The van der Waals surface area contributed by atoms with Gasteiger partial charge in [0, 0.05) is 24.6 Å². The molecular formula is C14H13ClN2. The van der Waals surface area contributed by atoms with E-state index in [-0.39, 0.29) is 12.4 Å². The Morgan fingerprint density at radius 2 is 2.00 bits per heavy atom. The van der Waals surface area contributed by atoms with E-state index >= 15 is 0 Å². The van der Waals surface area contributed by atoms with Crippen molar-refractivity contribution in [3.05, 3.63) is 65.5 Å². The standard InChI is InChI=1S/C14H13N2.ClH/c1-12-5-2-3-8-16(12)11-14-7-4-6-13(9-14)10-15;/h2-9H,11H2,1H3;1H/q+1;/p-1. The molecule has 0 amide bonds. The van der Waals surface area contributed by atoms with Gasteiger partial charge in [-0.3, -0.25) is 0 Å². The summed E-state index contributed by atoms with van der Waals surface area (Å²) in [5, 5.41) is 8.83. The number of nitrogens with zero attached hydrogens (tertiary/aromatic N) is 2. The summed E-state index contributed by atoms with van der Waals surface area (Å²) in [4.78, 5) is 0. The zero-order valence-corrected chi connectivity index (χ0v) is 10.4. The molecule has 0 atom stereocenters. The van der Waals surface area contributed by atoms with Crippen molar-refractivity contribution in [2.24, 2.45) is 0 Å². The van der Waals surface area contributed by atoms with Gasteiger partial charge < -0.3 is 12.4 Å². The predicted molar refractivity (Wildman–Crippen MR) is 61.6 cm³/mol. The molecule has 0 aliphatic rings. The van der Waals surface area contributed by atoms with Gasteiger partial charge in [-0.05, 0) is 12.1 Å². The second-order valence-corrected chi connectivity index (χ2v) is 3.78. The Bertz CT molecular complexity index is 544. The van der Waals surface area contributed by atoms with Crippen molar-refractivity contribution in [2.75, 3.05) is 0 Å². The number of benzene rings is 1. The van der Waals surface area contributed by atoms with Crippen LogP contribution in [0.4, 0.5) is 0 Å². The summed E-state index contributed by atoms with van der Waals surface area (Å²) in [6.07, 6.45) is 2.05. The van der Waals surface area contributed by atoms with Gasteiger partial charge in [0.2, 0.25) is 0 Å². The van der Waals surface area contributed by atoms with E-state index < -0.39 is 0 Å². The molecule has 0 saturated heterocycles. The van der Waals surface area contributed by atoms with Crippen LogP contribution in [0.3, 0.4) is 0 Å². The summed E-state index contributed by atoms with van der Waals surface area (Å²) in [5.41, 5.74) is 3.08. The minimum absolute atomic E-state index is 0. The van der Waals surface area contributed by atoms with Crippen LogP contribution >= 0.6 is 0 Å². The summed E-state index contributed by atoms with van der Waals surface area (Å²) >= 11 is 0. The Balaban J connectivity index is 0.00000144. The molecule has 3 heteroatoms. The highest BCUT2D eigenvalue weighted by Gasteiger charge is 2.05. The Labute approximate surface area is 108 Å². The van der Waals surface area contributed by atoms with Crippen LogP contribution in [-0.4, -0.2) is 0 Å². The first-order chi connectivity index (χ1) is 7.79. The summed E-state index contributed by atoms with van der Waals surface area (Å²) in [6.45, 7) is 2.89. The Morgan fingerprint density at radius 3 is 2.71 bits per heavy atom. The second-order valence-electron chi connectivity index (χ2n) is 3.78. The average molecular weight is 245 g/mol. The first-order valence-corrected chi connectivity index (χ1v) is 5.24. The van der Waals surface area contributed by atoms with E-state index in [2.05, 4.69) is 23.6 Å². The zero-order chi connectivity index (χ0) is 11.4. The number of hydrogen-bond donors (Lipinski definition) is 0. The lowest BCUT2D eigenvalue weighted by atomic mass is 10.1. The van der Waals surface area contributed by atoms with E-state index in [0.29, 0.717) is 5.56 Å². The molecule has 2 rings (SSSR count). The molecule has 0 saturated carbocycles. The number of aryl methyl sites for hydroxylation is 1. The second kappa shape index (κ2) is 6.03. The molecule has 17 heavy (non-hydrogen) atoms. The van der Waals surface area contributed by atoms with E-state index in [4.69, 9.17) is 5.26 Å². The summed E-state index contributed by atoms with van der Waals surface area (Å²) in [5.74, 6) is 0. The number of rotatable bonds is 2. The first kappa shape index (κ1) is 13.2. The maximum absolute atomic E-state index is 8.83. The largest absolute Gasteiger partial charge is 1.00 e. The van der Waals surface area contributed by atoms with Crippen molar-refractivity contribution in [3.63, 3.8) is 0 Å². The molecule has 0 fully saturated rings. The lowest BCUT2D eigenvalue weighted by molar-refractivity contribution is -0.694. The molecular weight excluding hydrogens is 232 g/mol. The van der Waals surface area contributed by atoms with Crippen LogP contribution in [0.5, 0.6) is 0 Å². The SMILES string of the molecule is Cc1cccc[n+]1Cc1cccc(C#N)c1.[Cl-]. The van der Waals surface area contributed by atoms with Gasteiger partial charge in [-0.15, -0.1) is 0 Å². The van der Waals surface area contributed by atoms with Crippen molar-refractivity contribution >= 4 is 0 Å². The fourth-order valence-corrected chi connectivity index (χ4v) is 1.68. The molecule has 0 spiro atoms. The lowest BCUT2D eigenvalue weighted by Gasteiger charge is -2.00. The smallest absolute Gasteiger partial charge is 0.178 e. The number of halogens is 1. The molecule has 1 aromatic carbocycles. The van der Waals surface area contributed by atoms with E-state index in [1.165, 1.54) is 5.69 Å².